The van der Waals surface area contributed by atoms with Gasteiger partial charge in [0.25, 0.3) is 11.5 Å². The Balaban J connectivity index is 1.63. The lowest BCUT2D eigenvalue weighted by Gasteiger charge is -2.20. The summed E-state index contributed by atoms with van der Waals surface area (Å²) >= 11 is 12.2. The Morgan fingerprint density at radius 3 is 2.33 bits per heavy atom. The second-order valence-corrected chi connectivity index (χ2v) is 11.5. The molecule has 5 rings (SSSR count). The second-order valence-electron chi connectivity index (χ2n) is 10.7. The van der Waals surface area contributed by atoms with Crippen LogP contribution in [0.25, 0.3) is 22.4 Å². The van der Waals surface area contributed by atoms with Gasteiger partial charge in [0, 0.05) is 37.6 Å². The number of carbonyl (C=O) groups is 2. The van der Waals surface area contributed by atoms with Crippen molar-refractivity contribution >= 4 is 46.5 Å². The largest absolute Gasteiger partial charge is 0.573 e. The van der Waals surface area contributed by atoms with Crippen molar-refractivity contribution in [3.05, 3.63) is 86.9 Å². The van der Waals surface area contributed by atoms with Crippen molar-refractivity contribution in [1.82, 2.24) is 25.0 Å². The van der Waals surface area contributed by atoms with Gasteiger partial charge in [-0.2, -0.15) is 5.10 Å². The van der Waals surface area contributed by atoms with Crippen molar-refractivity contribution in [2.75, 3.05) is 36.8 Å². The molecule has 3 amide bonds. The molecule has 1 saturated heterocycles. The summed E-state index contributed by atoms with van der Waals surface area (Å²) in [5.41, 5.74) is -0.312. The fourth-order valence-electron chi connectivity index (χ4n) is 5.30. The normalized spacial score (nSPS) is 13.3. The molecular weight excluding hydrogens is 674 g/mol. The molecule has 16 heteroatoms. The Labute approximate surface area is 283 Å². The molecular formula is C32H30Cl2F3N7O4. The summed E-state index contributed by atoms with van der Waals surface area (Å²) in [7, 11) is 0. The fraction of sp³-hybridized carbons (Fsp3) is 0.281. The smallest absolute Gasteiger partial charge is 0.406 e. The van der Waals surface area contributed by atoms with Crippen molar-refractivity contribution in [1.29, 1.82) is 0 Å². The van der Waals surface area contributed by atoms with E-state index in [2.05, 4.69) is 35.7 Å². The molecule has 0 atom stereocenters. The number of urea groups is 1. The molecule has 0 saturated carbocycles. The van der Waals surface area contributed by atoms with Gasteiger partial charge in [-0.1, -0.05) is 53.5 Å². The van der Waals surface area contributed by atoms with Gasteiger partial charge in [0.1, 0.15) is 11.4 Å². The topological polar surface area (TPSA) is 130 Å². The van der Waals surface area contributed by atoms with Gasteiger partial charge in [0.2, 0.25) is 0 Å². The Bertz CT molecular complexity index is 1850. The number of ether oxygens (including phenoxy) is 1. The van der Waals surface area contributed by atoms with Crippen LogP contribution in [-0.4, -0.2) is 64.1 Å². The number of rotatable bonds is 10. The van der Waals surface area contributed by atoms with Crippen LogP contribution in [0, 0.1) is 0 Å². The van der Waals surface area contributed by atoms with Crippen LogP contribution >= 0.6 is 23.2 Å². The first-order valence-corrected chi connectivity index (χ1v) is 15.7. The van der Waals surface area contributed by atoms with E-state index >= 15 is 0 Å². The summed E-state index contributed by atoms with van der Waals surface area (Å²) in [6, 6.07) is 10.9. The Morgan fingerprint density at radius 2 is 1.69 bits per heavy atom. The number of aromatic nitrogens is 3. The zero-order chi connectivity index (χ0) is 34.4. The third-order valence-electron chi connectivity index (χ3n) is 7.46. The van der Waals surface area contributed by atoms with Gasteiger partial charge in [-0.05, 0) is 62.2 Å². The number of amides is 3. The molecule has 2 aromatic heterocycles. The number of anilines is 2. The summed E-state index contributed by atoms with van der Waals surface area (Å²) in [5.74, 6) is -1.30. The molecule has 48 heavy (non-hydrogen) atoms. The molecule has 1 fully saturated rings. The summed E-state index contributed by atoms with van der Waals surface area (Å²) in [6.45, 7) is 4.26. The number of nitrogens with one attached hydrogen (secondary N) is 3. The van der Waals surface area contributed by atoms with Gasteiger partial charge < -0.3 is 25.6 Å². The SMILES string of the molecule is CCn1nc(-c2c(C(=O)NCCN3CCCC3)cc(OC(F)(F)F)cc2-c2ccccc2)cc(NC(=O)Nc2c(Cl)cncc2Cl)c1=O. The first-order chi connectivity index (χ1) is 22.9. The minimum Gasteiger partial charge on any atom is -0.406 e. The van der Waals surface area contributed by atoms with E-state index in [0.717, 1.165) is 42.7 Å². The number of alkyl halides is 3. The fourth-order valence-corrected chi connectivity index (χ4v) is 5.76. The third-order valence-corrected chi connectivity index (χ3v) is 8.03. The molecule has 4 aromatic rings. The van der Waals surface area contributed by atoms with E-state index in [-0.39, 0.29) is 56.9 Å². The number of hydrogen-bond donors (Lipinski definition) is 3. The molecule has 3 N–H and O–H groups in total. The lowest BCUT2D eigenvalue weighted by molar-refractivity contribution is -0.274. The first-order valence-electron chi connectivity index (χ1n) is 14.9. The van der Waals surface area contributed by atoms with Crippen LogP contribution < -0.4 is 26.2 Å². The molecule has 0 radical (unpaired) electrons. The van der Waals surface area contributed by atoms with Gasteiger partial charge in [0.05, 0.1) is 27.0 Å². The lowest BCUT2D eigenvalue weighted by atomic mass is 9.92. The molecule has 252 valence electrons. The maximum atomic E-state index is 13.8. The average Bonchev–Trinajstić information content (AvgIpc) is 3.57. The molecule has 3 heterocycles. The molecule has 1 aliphatic rings. The monoisotopic (exact) mass is 703 g/mol. The van der Waals surface area contributed by atoms with E-state index in [0.29, 0.717) is 12.1 Å². The summed E-state index contributed by atoms with van der Waals surface area (Å²) in [6.07, 6.45) is -0.409. The van der Waals surface area contributed by atoms with Crippen LogP contribution in [-0.2, 0) is 6.54 Å². The van der Waals surface area contributed by atoms with E-state index in [4.69, 9.17) is 23.2 Å². The molecule has 0 unspecified atom stereocenters. The Morgan fingerprint density at radius 1 is 1.00 bits per heavy atom. The Kier molecular flexibility index (Phi) is 10.9. The molecule has 11 nitrogen and oxygen atoms in total. The quantitative estimate of drug-likeness (QED) is 0.168. The standard InChI is InChI=1S/C32H30Cl2F3N7O4/c1-2-44-30(46)26(40-31(47)41-28-23(33)17-38-18-24(28)34)16-25(42-44)27-21(19-8-4-3-5-9-19)14-20(48-32(35,36)37)15-22(27)29(45)39-10-13-43-11-6-7-12-43/h3-5,8-9,14-18H,2,6-7,10-13H2,1H3,(H,39,45)(H2,38,40,41,47). The highest BCUT2D eigenvalue weighted by molar-refractivity contribution is 6.39. The van der Waals surface area contributed by atoms with Crippen LogP contribution in [0.4, 0.5) is 29.3 Å². The van der Waals surface area contributed by atoms with Crippen LogP contribution in [0.15, 0.2) is 65.7 Å². The predicted octanol–water partition coefficient (Wildman–Crippen LogP) is 6.67. The summed E-state index contributed by atoms with van der Waals surface area (Å²) in [4.78, 5) is 46.2. The van der Waals surface area contributed by atoms with Gasteiger partial charge >= 0.3 is 12.4 Å². The van der Waals surface area contributed by atoms with E-state index in [1.165, 1.54) is 18.5 Å². The van der Waals surface area contributed by atoms with E-state index in [1.54, 1.807) is 37.3 Å². The molecule has 0 aliphatic carbocycles. The minimum atomic E-state index is -5.04. The van der Waals surface area contributed by atoms with E-state index in [1.807, 2.05) is 0 Å². The van der Waals surface area contributed by atoms with Crippen LogP contribution in [0.3, 0.4) is 0 Å². The molecule has 1 aliphatic heterocycles. The number of halogens is 5. The van der Waals surface area contributed by atoms with Crippen molar-refractivity contribution in [2.45, 2.75) is 32.7 Å². The third kappa shape index (κ3) is 8.43. The average molecular weight is 705 g/mol. The van der Waals surface area contributed by atoms with Crippen molar-refractivity contribution in [2.24, 2.45) is 0 Å². The van der Waals surface area contributed by atoms with Crippen molar-refractivity contribution in [3.63, 3.8) is 0 Å². The number of aryl methyl sites for hydroxylation is 1. The second kappa shape index (κ2) is 15.0. The lowest BCUT2D eigenvalue weighted by Crippen LogP contribution is -2.34. The number of nitrogens with zero attached hydrogens (tertiary/aromatic N) is 4. The van der Waals surface area contributed by atoms with Crippen LogP contribution in [0.2, 0.25) is 10.0 Å². The maximum Gasteiger partial charge on any atom is 0.573 e. The van der Waals surface area contributed by atoms with E-state index < -0.39 is 29.6 Å². The van der Waals surface area contributed by atoms with Gasteiger partial charge in [0.15, 0.2) is 0 Å². The number of carbonyl (C=O) groups excluding carboxylic acids is 2. The van der Waals surface area contributed by atoms with Crippen molar-refractivity contribution in [3.8, 4) is 28.1 Å². The highest BCUT2D eigenvalue weighted by atomic mass is 35.5. The first kappa shape index (κ1) is 34.7. The van der Waals surface area contributed by atoms with E-state index in [9.17, 15) is 27.6 Å². The van der Waals surface area contributed by atoms with Crippen LogP contribution in [0.5, 0.6) is 5.75 Å². The minimum absolute atomic E-state index is 0.0221. The zero-order valence-electron chi connectivity index (χ0n) is 25.5. The highest BCUT2D eigenvalue weighted by Crippen LogP contribution is 2.39. The van der Waals surface area contributed by atoms with Crippen LogP contribution in [0.1, 0.15) is 30.1 Å². The van der Waals surface area contributed by atoms with Gasteiger partial charge in [-0.15, -0.1) is 13.2 Å². The van der Waals surface area contributed by atoms with Gasteiger partial charge in [-0.25, -0.2) is 9.48 Å². The number of pyridine rings is 1. The van der Waals surface area contributed by atoms with Crippen molar-refractivity contribution < 1.29 is 27.5 Å². The zero-order valence-corrected chi connectivity index (χ0v) is 27.0. The van der Waals surface area contributed by atoms with Gasteiger partial charge in [-0.3, -0.25) is 14.6 Å². The number of likely N-dealkylation sites (tertiary alicyclic amines) is 1. The molecule has 0 spiro atoms. The summed E-state index contributed by atoms with van der Waals surface area (Å²) < 4.78 is 45.8. The number of benzene rings is 2. The number of hydrogen-bond acceptors (Lipinski definition) is 7. The predicted molar refractivity (Wildman–Crippen MR) is 177 cm³/mol. The molecule has 0 bridgehead atoms. The molecule has 2 aromatic carbocycles. The maximum absolute atomic E-state index is 13.8. The Hall–Kier alpha value is -4.66. The highest BCUT2D eigenvalue weighted by Gasteiger charge is 2.33. The summed E-state index contributed by atoms with van der Waals surface area (Å²) in [5, 5.41) is 12.3.